The van der Waals surface area contributed by atoms with Crippen molar-refractivity contribution < 1.29 is 9.84 Å². The Morgan fingerprint density at radius 1 is 0.963 bits per heavy atom. The third-order valence-corrected chi connectivity index (χ3v) is 7.94. The summed E-state index contributed by atoms with van der Waals surface area (Å²) in [5.41, 5.74) is 2.00. The van der Waals surface area contributed by atoms with Gasteiger partial charge in [-0.15, -0.1) is 0 Å². The van der Waals surface area contributed by atoms with Crippen molar-refractivity contribution in [1.29, 1.82) is 0 Å². The van der Waals surface area contributed by atoms with Crippen molar-refractivity contribution in [3.63, 3.8) is 0 Å². The van der Waals surface area contributed by atoms with Crippen LogP contribution in [0.15, 0.2) is 24.3 Å². The number of rotatable bonds is 7. The molecule has 5 aliphatic carbocycles. The molecule has 0 aromatic heterocycles. The minimum Gasteiger partial charge on any atom is -0.491 e. The lowest BCUT2D eigenvalue weighted by molar-refractivity contribution is -0.00521. The van der Waals surface area contributed by atoms with Crippen molar-refractivity contribution in [3.8, 4) is 5.75 Å². The molecule has 1 aromatic carbocycles. The van der Waals surface area contributed by atoms with Crippen LogP contribution in [-0.2, 0) is 5.41 Å². The molecule has 148 valence electrons. The van der Waals surface area contributed by atoms with Crippen molar-refractivity contribution in [1.82, 2.24) is 5.32 Å². The zero-order chi connectivity index (χ0) is 18.3. The number of ether oxygens (including phenoxy) is 1. The van der Waals surface area contributed by atoms with E-state index < -0.39 is 6.10 Å². The largest absolute Gasteiger partial charge is 0.491 e. The second-order valence-corrected chi connectivity index (χ2v) is 10.1. The van der Waals surface area contributed by atoms with Gasteiger partial charge in [0.25, 0.3) is 0 Å². The summed E-state index contributed by atoms with van der Waals surface area (Å²) in [6, 6.07) is 9.48. The van der Waals surface area contributed by atoms with Crippen molar-refractivity contribution >= 4 is 0 Å². The molecule has 0 saturated heterocycles. The Hall–Kier alpha value is -1.06. The molecule has 27 heavy (non-hydrogen) atoms. The van der Waals surface area contributed by atoms with Crippen molar-refractivity contribution in [2.24, 2.45) is 17.8 Å². The molecule has 1 unspecified atom stereocenters. The summed E-state index contributed by atoms with van der Waals surface area (Å²) in [5.74, 6) is 3.84. The van der Waals surface area contributed by atoms with E-state index in [9.17, 15) is 5.11 Å². The Kier molecular flexibility index (Phi) is 4.94. The molecule has 0 radical (unpaired) electrons. The second kappa shape index (κ2) is 7.40. The normalized spacial score (nSPS) is 36.3. The molecule has 2 N–H and O–H groups in total. The molecule has 5 saturated carbocycles. The fourth-order valence-corrected chi connectivity index (χ4v) is 7.05. The lowest BCUT2D eigenvalue weighted by atomic mass is 9.48. The minimum absolute atomic E-state index is 0.371. The summed E-state index contributed by atoms with van der Waals surface area (Å²) in [7, 11) is 0. The number of nitrogens with one attached hydrogen (secondary N) is 1. The minimum atomic E-state index is -0.437. The van der Waals surface area contributed by atoms with Gasteiger partial charge in [-0.1, -0.05) is 25.0 Å². The van der Waals surface area contributed by atoms with Gasteiger partial charge in [-0.2, -0.15) is 0 Å². The Balaban J connectivity index is 1.15. The lowest BCUT2D eigenvalue weighted by Crippen LogP contribution is -2.48. The fraction of sp³-hybridized carbons (Fsp3) is 0.750. The molecular formula is C24H35NO2. The SMILES string of the molecule is OC(CNC1CCCC1)COc1ccc(C23CC4CC(CC(C4)C2)C3)cc1. The van der Waals surface area contributed by atoms with Gasteiger partial charge >= 0.3 is 0 Å². The summed E-state index contributed by atoms with van der Waals surface area (Å²) in [4.78, 5) is 0. The summed E-state index contributed by atoms with van der Waals surface area (Å²) < 4.78 is 5.87. The maximum absolute atomic E-state index is 10.2. The van der Waals surface area contributed by atoms with Gasteiger partial charge in [0.2, 0.25) is 0 Å². The number of aliphatic hydroxyl groups is 1. The lowest BCUT2D eigenvalue weighted by Gasteiger charge is -2.57. The quantitative estimate of drug-likeness (QED) is 0.747. The van der Waals surface area contributed by atoms with Crippen LogP contribution in [0, 0.1) is 17.8 Å². The standard InChI is InChI=1S/C24H35NO2/c26-22(15-25-21-3-1-2-4-21)16-27-23-7-5-20(6-8-23)24-12-17-9-18(13-24)11-19(10-17)14-24/h5-8,17-19,21-22,25-26H,1-4,9-16H2. The first-order chi connectivity index (χ1) is 13.2. The van der Waals surface area contributed by atoms with Crippen LogP contribution in [0.3, 0.4) is 0 Å². The first-order valence-corrected chi connectivity index (χ1v) is 11.3. The van der Waals surface area contributed by atoms with E-state index in [1.807, 2.05) is 0 Å². The third-order valence-electron chi connectivity index (χ3n) is 7.94. The monoisotopic (exact) mass is 369 g/mol. The second-order valence-electron chi connectivity index (χ2n) is 10.1. The predicted octanol–water partition coefficient (Wildman–Crippen LogP) is 4.43. The molecule has 0 aliphatic heterocycles. The predicted molar refractivity (Wildman–Crippen MR) is 108 cm³/mol. The first kappa shape index (κ1) is 18.0. The maximum atomic E-state index is 10.2. The number of aliphatic hydroxyl groups excluding tert-OH is 1. The Morgan fingerprint density at radius 3 is 2.15 bits per heavy atom. The van der Waals surface area contributed by atoms with E-state index in [0.29, 0.717) is 24.6 Å². The summed E-state index contributed by atoms with van der Waals surface area (Å²) in [6.45, 7) is 1.01. The van der Waals surface area contributed by atoms with Gasteiger partial charge in [0.15, 0.2) is 0 Å². The van der Waals surface area contributed by atoms with Crippen LogP contribution >= 0.6 is 0 Å². The van der Waals surface area contributed by atoms with E-state index in [4.69, 9.17) is 4.74 Å². The van der Waals surface area contributed by atoms with Crippen LogP contribution in [0.2, 0.25) is 0 Å². The van der Waals surface area contributed by atoms with Gasteiger partial charge in [0.05, 0.1) is 0 Å². The van der Waals surface area contributed by atoms with Crippen LogP contribution in [-0.4, -0.2) is 30.4 Å². The number of benzene rings is 1. The highest BCUT2D eigenvalue weighted by atomic mass is 16.5. The Labute approximate surface area is 163 Å². The van der Waals surface area contributed by atoms with E-state index in [0.717, 1.165) is 23.5 Å². The highest BCUT2D eigenvalue weighted by Crippen LogP contribution is 2.60. The molecule has 5 aliphatic rings. The number of hydrogen-bond donors (Lipinski definition) is 2. The van der Waals surface area contributed by atoms with Crippen LogP contribution in [0.25, 0.3) is 0 Å². The highest BCUT2D eigenvalue weighted by molar-refractivity contribution is 5.34. The summed E-state index contributed by atoms with van der Waals surface area (Å²) in [6.07, 6.45) is 13.4. The van der Waals surface area contributed by atoms with Crippen molar-refractivity contribution in [3.05, 3.63) is 29.8 Å². The average molecular weight is 370 g/mol. The molecule has 3 heteroatoms. The Bertz CT molecular complexity index is 599. The summed E-state index contributed by atoms with van der Waals surface area (Å²) in [5, 5.41) is 13.7. The van der Waals surface area contributed by atoms with Gasteiger partial charge in [-0.3, -0.25) is 0 Å². The Morgan fingerprint density at radius 2 is 1.56 bits per heavy atom. The zero-order valence-electron chi connectivity index (χ0n) is 16.5. The van der Waals surface area contributed by atoms with Crippen molar-refractivity contribution in [2.75, 3.05) is 13.2 Å². The van der Waals surface area contributed by atoms with E-state index >= 15 is 0 Å². The van der Waals surface area contributed by atoms with E-state index in [1.165, 1.54) is 69.8 Å². The van der Waals surface area contributed by atoms with Crippen LogP contribution in [0.1, 0.15) is 69.8 Å². The third kappa shape index (κ3) is 3.78. The molecule has 1 atom stereocenters. The molecule has 0 heterocycles. The molecule has 1 aromatic rings. The van der Waals surface area contributed by atoms with E-state index in [-0.39, 0.29) is 0 Å². The van der Waals surface area contributed by atoms with Crippen molar-refractivity contribution in [2.45, 2.75) is 81.8 Å². The van der Waals surface area contributed by atoms with Crippen LogP contribution < -0.4 is 10.1 Å². The van der Waals surface area contributed by atoms with Gasteiger partial charge in [-0.05, 0) is 92.2 Å². The molecule has 3 nitrogen and oxygen atoms in total. The number of hydrogen-bond acceptors (Lipinski definition) is 3. The van der Waals surface area contributed by atoms with Crippen LogP contribution in [0.5, 0.6) is 5.75 Å². The molecule has 0 spiro atoms. The smallest absolute Gasteiger partial charge is 0.119 e. The summed E-state index contributed by atoms with van der Waals surface area (Å²) >= 11 is 0. The molecule has 6 rings (SSSR count). The molecule has 0 amide bonds. The van der Waals surface area contributed by atoms with E-state index in [2.05, 4.69) is 29.6 Å². The topological polar surface area (TPSA) is 41.5 Å². The maximum Gasteiger partial charge on any atom is 0.119 e. The van der Waals surface area contributed by atoms with Gasteiger partial charge in [0, 0.05) is 12.6 Å². The highest BCUT2D eigenvalue weighted by Gasteiger charge is 2.51. The molecule has 5 fully saturated rings. The van der Waals surface area contributed by atoms with Gasteiger partial charge < -0.3 is 15.2 Å². The average Bonchev–Trinajstić information content (AvgIpc) is 3.18. The first-order valence-electron chi connectivity index (χ1n) is 11.3. The van der Waals surface area contributed by atoms with Crippen LogP contribution in [0.4, 0.5) is 0 Å². The molecular weight excluding hydrogens is 334 g/mol. The van der Waals surface area contributed by atoms with Gasteiger partial charge in [-0.25, -0.2) is 0 Å². The molecule has 4 bridgehead atoms. The van der Waals surface area contributed by atoms with E-state index in [1.54, 1.807) is 0 Å². The van der Waals surface area contributed by atoms with Gasteiger partial charge in [0.1, 0.15) is 18.5 Å². The zero-order valence-corrected chi connectivity index (χ0v) is 16.5. The fourth-order valence-electron chi connectivity index (χ4n) is 7.05.